The van der Waals surface area contributed by atoms with Crippen LogP contribution >= 0.6 is 22.9 Å². The highest BCUT2D eigenvalue weighted by atomic mass is 35.5. The molecule has 3 aliphatic rings. The quantitative estimate of drug-likeness (QED) is 0.196. The molecule has 256 valence electrons. The van der Waals surface area contributed by atoms with Crippen molar-refractivity contribution in [3.8, 4) is 0 Å². The summed E-state index contributed by atoms with van der Waals surface area (Å²) in [6, 6.07) is 29.4. The largest absolute Gasteiger partial charge is 0.480 e. The van der Waals surface area contributed by atoms with Gasteiger partial charge in [0.1, 0.15) is 6.61 Å². The van der Waals surface area contributed by atoms with E-state index in [0.717, 1.165) is 68.6 Å². The van der Waals surface area contributed by atoms with Gasteiger partial charge in [-0.05, 0) is 71.3 Å². The van der Waals surface area contributed by atoms with Crippen molar-refractivity contribution in [3.63, 3.8) is 0 Å². The van der Waals surface area contributed by atoms with Gasteiger partial charge >= 0.3 is 5.97 Å². The van der Waals surface area contributed by atoms with Gasteiger partial charge in [-0.1, -0.05) is 83.9 Å². The molecule has 7 nitrogen and oxygen atoms in total. The highest BCUT2D eigenvalue weighted by molar-refractivity contribution is 7.12. The molecule has 9 heteroatoms. The Morgan fingerprint density at radius 1 is 0.857 bits per heavy atom. The summed E-state index contributed by atoms with van der Waals surface area (Å²) in [6.45, 7) is 6.96. The highest BCUT2D eigenvalue weighted by Crippen LogP contribution is 2.40. The first-order valence-electron chi connectivity index (χ1n) is 17.0. The number of Topliss-reactive ketones (excluding diaryl/α,β-unsaturated/α-hetero) is 1. The molecule has 2 fully saturated rings. The third-order valence-electron chi connectivity index (χ3n) is 9.62. The molecule has 7 rings (SSSR count). The lowest BCUT2D eigenvalue weighted by molar-refractivity contribution is -0.142. The Balaban J connectivity index is 0.000000173. The van der Waals surface area contributed by atoms with Gasteiger partial charge in [0, 0.05) is 62.8 Å². The molecule has 0 saturated carbocycles. The molecule has 4 aromatic rings. The van der Waals surface area contributed by atoms with Gasteiger partial charge in [-0.2, -0.15) is 0 Å². The van der Waals surface area contributed by atoms with Gasteiger partial charge in [-0.25, -0.2) is 4.79 Å². The van der Waals surface area contributed by atoms with Gasteiger partial charge in [-0.15, -0.1) is 11.3 Å². The van der Waals surface area contributed by atoms with Crippen LogP contribution in [-0.4, -0.2) is 97.6 Å². The maximum absolute atomic E-state index is 12.6. The molecule has 1 aromatic heterocycles. The number of ketones is 1. The first-order chi connectivity index (χ1) is 23.9. The fraction of sp³-hybridized carbons (Fsp3) is 0.350. The summed E-state index contributed by atoms with van der Waals surface area (Å²) >= 11 is 7.67. The number of carbonyl (C=O) groups excluding carboxylic acids is 1. The van der Waals surface area contributed by atoms with Gasteiger partial charge in [0.2, 0.25) is 0 Å². The molecule has 0 amide bonds. The molecule has 3 heterocycles. The zero-order chi connectivity index (χ0) is 34.2. The molecular weight excluding hydrogens is 654 g/mol. The fourth-order valence-corrected chi connectivity index (χ4v) is 8.02. The number of piperazine rings is 1. The first kappa shape index (κ1) is 35.2. The summed E-state index contributed by atoms with van der Waals surface area (Å²) in [5, 5.41) is 11.4. The Hall–Kier alpha value is -3.63. The number of rotatable bonds is 8. The molecule has 3 aromatic carbocycles. The molecule has 0 spiro atoms. The van der Waals surface area contributed by atoms with Crippen LogP contribution in [-0.2, 0) is 16.0 Å². The fourth-order valence-electron chi connectivity index (χ4n) is 7.05. The number of ether oxygens (including phenoxy) is 1. The molecule has 1 atom stereocenters. The van der Waals surface area contributed by atoms with Crippen LogP contribution in [0.3, 0.4) is 0 Å². The van der Waals surface area contributed by atoms with Crippen molar-refractivity contribution in [3.05, 3.63) is 134 Å². The lowest BCUT2D eigenvalue weighted by atomic mass is 9.88. The molecule has 0 bridgehead atoms. The third-order valence-corrected chi connectivity index (χ3v) is 10.8. The Morgan fingerprint density at radius 3 is 2.24 bits per heavy atom. The number of carboxylic acids is 1. The van der Waals surface area contributed by atoms with Crippen LogP contribution in [0, 0.1) is 0 Å². The minimum atomic E-state index is -0.923. The van der Waals surface area contributed by atoms with Crippen LogP contribution < -0.4 is 0 Å². The number of hydrogen-bond acceptors (Lipinski definition) is 7. The molecule has 1 unspecified atom stereocenters. The van der Waals surface area contributed by atoms with E-state index in [0.29, 0.717) is 13.0 Å². The molecule has 2 aliphatic heterocycles. The standard InChI is InChI=1S/C21H25ClN2O3.C19H19NOS/c22-19-8-6-18(7-9-19)21(17-4-2-1-3-5-17)24-12-10-23(11-13-24)14-15-27-16-20(25)26;1-20-9-6-13(7-10-20)18-15-5-3-2-4-14(15)12-17(21)19-16(18)8-11-22-19/h1-9,21H,10-16H2,(H,25,26);2-5,8,11H,6-7,9-10,12H2,1H3. The smallest absolute Gasteiger partial charge is 0.329 e. The topological polar surface area (TPSA) is 73.3 Å². The summed E-state index contributed by atoms with van der Waals surface area (Å²) in [5.74, 6) is -0.658. The van der Waals surface area contributed by atoms with E-state index in [1.165, 1.54) is 39.0 Å². The zero-order valence-corrected chi connectivity index (χ0v) is 29.6. The van der Waals surface area contributed by atoms with E-state index in [-0.39, 0.29) is 18.4 Å². The first-order valence-corrected chi connectivity index (χ1v) is 18.3. The number of halogens is 1. The molecular formula is C40H44ClN3O4S. The Kier molecular flexibility index (Phi) is 12.1. The SMILES string of the molecule is CN1CCC(=C2c3ccccc3CC(=O)c3sccc32)CC1.O=C(O)COCCN1CCN(C(c2ccccc2)c2ccc(Cl)cc2)CC1. The second kappa shape index (κ2) is 16.9. The number of piperidine rings is 1. The van der Waals surface area contributed by atoms with Gasteiger partial charge in [-0.3, -0.25) is 14.6 Å². The monoisotopic (exact) mass is 697 g/mol. The van der Waals surface area contributed by atoms with E-state index in [1.807, 2.05) is 24.3 Å². The minimum Gasteiger partial charge on any atom is -0.480 e. The van der Waals surface area contributed by atoms with Crippen molar-refractivity contribution in [2.45, 2.75) is 25.3 Å². The van der Waals surface area contributed by atoms with Gasteiger partial charge < -0.3 is 14.7 Å². The number of carbonyl (C=O) groups is 2. The number of nitrogens with zero attached hydrogens (tertiary/aromatic N) is 3. The van der Waals surface area contributed by atoms with E-state index < -0.39 is 5.97 Å². The van der Waals surface area contributed by atoms with E-state index in [9.17, 15) is 9.59 Å². The summed E-state index contributed by atoms with van der Waals surface area (Å²) in [6.07, 6.45) is 2.73. The number of aliphatic carboxylic acids is 1. The van der Waals surface area contributed by atoms with Gasteiger partial charge in [0.25, 0.3) is 0 Å². The summed E-state index contributed by atoms with van der Waals surface area (Å²) < 4.78 is 5.15. The second-order valence-electron chi connectivity index (χ2n) is 12.9. The van der Waals surface area contributed by atoms with Crippen LogP contribution in [0.1, 0.15) is 56.4 Å². The maximum Gasteiger partial charge on any atom is 0.329 e. The summed E-state index contributed by atoms with van der Waals surface area (Å²) in [7, 11) is 2.18. The highest BCUT2D eigenvalue weighted by Gasteiger charge is 2.28. The zero-order valence-electron chi connectivity index (χ0n) is 28.0. The number of thiophene rings is 1. The number of likely N-dealkylation sites (tertiary alicyclic amines) is 1. The number of carboxylic acid groups (broad SMARTS) is 1. The minimum absolute atomic E-state index is 0.203. The van der Waals surface area contributed by atoms with Crippen molar-refractivity contribution in [2.24, 2.45) is 0 Å². The van der Waals surface area contributed by atoms with E-state index in [1.54, 1.807) is 11.3 Å². The Bertz CT molecular complexity index is 1740. The van der Waals surface area contributed by atoms with E-state index in [2.05, 4.69) is 87.8 Å². The number of benzene rings is 3. The van der Waals surface area contributed by atoms with E-state index >= 15 is 0 Å². The van der Waals surface area contributed by atoms with Gasteiger partial charge in [0.15, 0.2) is 5.78 Å². The molecule has 1 N–H and O–H groups in total. The lowest BCUT2D eigenvalue weighted by Gasteiger charge is -2.39. The van der Waals surface area contributed by atoms with Crippen molar-refractivity contribution in [1.82, 2.24) is 14.7 Å². The third kappa shape index (κ3) is 8.94. The molecule has 49 heavy (non-hydrogen) atoms. The Labute approximate surface area is 298 Å². The second-order valence-corrected chi connectivity index (χ2v) is 14.2. The average Bonchev–Trinajstić information content (AvgIpc) is 3.56. The predicted octanol–water partition coefficient (Wildman–Crippen LogP) is 7.16. The number of hydrogen-bond donors (Lipinski definition) is 1. The van der Waals surface area contributed by atoms with Gasteiger partial charge in [0.05, 0.1) is 17.5 Å². The molecule has 0 radical (unpaired) electrons. The molecule has 1 aliphatic carbocycles. The molecule has 2 saturated heterocycles. The van der Waals surface area contributed by atoms with Crippen molar-refractivity contribution >= 4 is 40.3 Å². The summed E-state index contributed by atoms with van der Waals surface area (Å²) in [5.41, 5.74) is 8.98. The van der Waals surface area contributed by atoms with Crippen molar-refractivity contribution in [2.75, 3.05) is 66.1 Å². The average molecular weight is 698 g/mol. The maximum atomic E-state index is 12.6. The normalized spacial score (nSPS) is 17.8. The number of fused-ring (bicyclic) bond motifs is 2. The summed E-state index contributed by atoms with van der Waals surface area (Å²) in [4.78, 5) is 31.2. The van der Waals surface area contributed by atoms with Crippen LogP contribution in [0.25, 0.3) is 5.57 Å². The van der Waals surface area contributed by atoms with E-state index in [4.69, 9.17) is 21.4 Å². The van der Waals surface area contributed by atoms with Crippen molar-refractivity contribution in [1.29, 1.82) is 0 Å². The van der Waals surface area contributed by atoms with Crippen LogP contribution in [0.2, 0.25) is 5.02 Å². The van der Waals surface area contributed by atoms with Crippen LogP contribution in [0.15, 0.2) is 95.9 Å². The Morgan fingerprint density at radius 2 is 1.53 bits per heavy atom. The van der Waals surface area contributed by atoms with Crippen LogP contribution in [0.5, 0.6) is 0 Å². The van der Waals surface area contributed by atoms with Crippen molar-refractivity contribution < 1.29 is 19.4 Å². The lowest BCUT2D eigenvalue weighted by Crippen LogP contribution is -2.48. The van der Waals surface area contributed by atoms with Crippen LogP contribution in [0.4, 0.5) is 0 Å². The predicted molar refractivity (Wildman–Crippen MR) is 198 cm³/mol.